The summed E-state index contributed by atoms with van der Waals surface area (Å²) in [5.41, 5.74) is 7.09. The lowest BCUT2D eigenvalue weighted by atomic mass is 10.2. The standard InChI is InChI=1S/C18H15NS4.2HI/c19-9-7-12-8-11-21-18(12)17-6-5-16(23-17)15-4-3-14(22-15)13-2-1-10-20-13;;/h1-6,8,10-11H,7,9,19H2;2*1H. The van der Waals surface area contributed by atoms with E-state index in [0.29, 0.717) is 6.54 Å². The van der Waals surface area contributed by atoms with Crippen molar-refractivity contribution in [1.29, 1.82) is 0 Å². The third kappa shape index (κ3) is 4.74. The fourth-order valence-electron chi connectivity index (χ4n) is 2.52. The molecule has 4 aromatic heterocycles. The summed E-state index contributed by atoms with van der Waals surface area (Å²) in [6.07, 6.45) is 0.952. The fourth-order valence-corrected chi connectivity index (χ4v) is 6.57. The molecular weight excluding hydrogens is 612 g/mol. The first-order valence-corrected chi connectivity index (χ1v) is 10.7. The van der Waals surface area contributed by atoms with Crippen LogP contribution >= 0.6 is 93.3 Å². The van der Waals surface area contributed by atoms with Crippen molar-refractivity contribution in [2.45, 2.75) is 6.42 Å². The van der Waals surface area contributed by atoms with Crippen LogP contribution in [-0.2, 0) is 6.42 Å². The van der Waals surface area contributed by atoms with Crippen LogP contribution in [0.1, 0.15) is 5.56 Å². The van der Waals surface area contributed by atoms with Crippen LogP contribution in [0.4, 0.5) is 0 Å². The Balaban J connectivity index is 0.00000113. The average Bonchev–Trinajstić information content (AvgIpc) is 3.32. The van der Waals surface area contributed by atoms with Gasteiger partial charge in [0.1, 0.15) is 0 Å². The van der Waals surface area contributed by atoms with Gasteiger partial charge in [-0.05, 0) is 65.7 Å². The van der Waals surface area contributed by atoms with E-state index in [9.17, 15) is 0 Å². The highest BCUT2D eigenvalue weighted by atomic mass is 127. The lowest BCUT2D eigenvalue weighted by molar-refractivity contribution is 0.976. The molecule has 4 rings (SSSR count). The summed E-state index contributed by atoms with van der Waals surface area (Å²) < 4.78 is 0. The molecule has 0 aliphatic rings. The van der Waals surface area contributed by atoms with Crippen molar-refractivity contribution in [1.82, 2.24) is 0 Å². The minimum absolute atomic E-state index is 0. The summed E-state index contributed by atoms with van der Waals surface area (Å²) in [6.45, 7) is 0.705. The molecule has 0 bridgehead atoms. The number of thiophene rings is 4. The van der Waals surface area contributed by atoms with Crippen molar-refractivity contribution in [2.75, 3.05) is 6.54 Å². The first kappa shape index (κ1) is 21.5. The predicted molar refractivity (Wildman–Crippen MR) is 138 cm³/mol. The Kier molecular flexibility index (Phi) is 8.57. The first-order valence-electron chi connectivity index (χ1n) is 7.36. The van der Waals surface area contributed by atoms with Gasteiger partial charge in [0.25, 0.3) is 0 Å². The molecule has 4 heterocycles. The molecule has 0 saturated carbocycles. The highest BCUT2D eigenvalue weighted by Crippen LogP contribution is 2.42. The molecule has 2 N–H and O–H groups in total. The van der Waals surface area contributed by atoms with Gasteiger partial charge in [0.05, 0.1) is 0 Å². The summed E-state index contributed by atoms with van der Waals surface area (Å²) in [4.78, 5) is 8.12. The first-order chi connectivity index (χ1) is 11.3. The molecular formula is C18H17I2NS4. The van der Waals surface area contributed by atoms with Gasteiger partial charge in [-0.25, -0.2) is 0 Å². The molecule has 0 aliphatic carbocycles. The molecule has 0 aliphatic heterocycles. The molecule has 25 heavy (non-hydrogen) atoms. The third-order valence-corrected chi connectivity index (χ3v) is 8.17. The highest BCUT2D eigenvalue weighted by Gasteiger charge is 2.12. The lowest BCUT2D eigenvalue weighted by Gasteiger charge is -1.99. The van der Waals surface area contributed by atoms with Crippen molar-refractivity contribution in [3.63, 3.8) is 0 Å². The molecule has 0 aromatic carbocycles. The predicted octanol–water partition coefficient (Wildman–Crippen LogP) is 7.67. The Labute approximate surface area is 198 Å². The monoisotopic (exact) mass is 629 g/mol. The van der Waals surface area contributed by atoms with Crippen LogP contribution in [-0.4, -0.2) is 6.54 Å². The zero-order valence-corrected chi connectivity index (χ0v) is 21.1. The van der Waals surface area contributed by atoms with Gasteiger partial charge in [-0.3, -0.25) is 0 Å². The molecule has 7 heteroatoms. The van der Waals surface area contributed by atoms with E-state index in [-0.39, 0.29) is 48.0 Å². The zero-order chi connectivity index (χ0) is 15.6. The van der Waals surface area contributed by atoms with Crippen molar-refractivity contribution >= 4 is 93.3 Å². The van der Waals surface area contributed by atoms with E-state index in [1.165, 1.54) is 34.8 Å². The molecule has 132 valence electrons. The molecule has 4 aromatic rings. The number of hydrogen-bond donors (Lipinski definition) is 1. The smallest absolute Gasteiger partial charge is 0.0475 e. The summed E-state index contributed by atoms with van der Waals surface area (Å²) in [7, 11) is 0. The van der Waals surface area contributed by atoms with Crippen LogP contribution in [0.3, 0.4) is 0 Å². The Morgan fingerprint density at radius 1 is 0.680 bits per heavy atom. The number of rotatable bonds is 5. The lowest BCUT2D eigenvalue weighted by Crippen LogP contribution is -2.02. The van der Waals surface area contributed by atoms with Gasteiger partial charge in [0, 0.05) is 29.3 Å². The Hall–Kier alpha value is 0.220. The summed E-state index contributed by atoms with van der Waals surface area (Å²) in [5, 5.41) is 4.30. The summed E-state index contributed by atoms with van der Waals surface area (Å²) in [5.74, 6) is 0. The van der Waals surface area contributed by atoms with E-state index < -0.39 is 0 Å². The van der Waals surface area contributed by atoms with Crippen LogP contribution in [0.15, 0.2) is 53.2 Å². The van der Waals surface area contributed by atoms with E-state index in [1.807, 2.05) is 34.0 Å². The maximum Gasteiger partial charge on any atom is 0.0475 e. The molecule has 0 saturated heterocycles. The number of halogens is 2. The molecule has 0 spiro atoms. The Morgan fingerprint density at radius 3 is 1.96 bits per heavy atom. The van der Waals surface area contributed by atoms with E-state index in [4.69, 9.17) is 5.73 Å². The van der Waals surface area contributed by atoms with Crippen molar-refractivity contribution < 1.29 is 0 Å². The van der Waals surface area contributed by atoms with Gasteiger partial charge >= 0.3 is 0 Å². The van der Waals surface area contributed by atoms with E-state index in [2.05, 4.69) is 53.2 Å². The molecule has 1 nitrogen and oxygen atoms in total. The van der Waals surface area contributed by atoms with Gasteiger partial charge in [-0.1, -0.05) is 6.07 Å². The topological polar surface area (TPSA) is 26.0 Å². The third-order valence-electron chi connectivity index (χ3n) is 3.60. The SMILES string of the molecule is I.I.NCCc1ccsc1-c1ccc(-c2ccc(-c3cccs3)s2)s1. The molecule has 0 fully saturated rings. The molecule has 0 atom stereocenters. The van der Waals surface area contributed by atoms with Crippen molar-refractivity contribution in [3.8, 4) is 29.3 Å². The minimum Gasteiger partial charge on any atom is -0.330 e. The maximum atomic E-state index is 5.72. The summed E-state index contributed by atoms with van der Waals surface area (Å²) >= 11 is 7.36. The van der Waals surface area contributed by atoms with E-state index >= 15 is 0 Å². The van der Waals surface area contributed by atoms with Crippen molar-refractivity contribution in [3.05, 3.63) is 58.8 Å². The van der Waals surface area contributed by atoms with Crippen LogP contribution in [0.25, 0.3) is 29.3 Å². The number of nitrogens with two attached hydrogens (primary N) is 1. The van der Waals surface area contributed by atoms with Crippen LogP contribution in [0.5, 0.6) is 0 Å². The van der Waals surface area contributed by atoms with E-state index in [0.717, 1.165) is 6.42 Å². The Morgan fingerprint density at radius 2 is 1.32 bits per heavy atom. The Bertz CT molecular complexity index is 905. The van der Waals surface area contributed by atoms with Gasteiger partial charge in [-0.15, -0.1) is 93.3 Å². The second-order valence-electron chi connectivity index (χ2n) is 5.12. The number of hydrogen-bond acceptors (Lipinski definition) is 5. The summed E-state index contributed by atoms with van der Waals surface area (Å²) in [6, 6.07) is 15.5. The molecule has 0 amide bonds. The van der Waals surface area contributed by atoms with Gasteiger partial charge in [0.2, 0.25) is 0 Å². The van der Waals surface area contributed by atoms with Gasteiger partial charge in [0.15, 0.2) is 0 Å². The van der Waals surface area contributed by atoms with Crippen LogP contribution in [0.2, 0.25) is 0 Å². The quantitative estimate of drug-likeness (QED) is 0.226. The second-order valence-corrected chi connectivity index (χ2v) is 9.15. The van der Waals surface area contributed by atoms with Gasteiger partial charge < -0.3 is 5.73 Å². The maximum absolute atomic E-state index is 5.72. The van der Waals surface area contributed by atoms with Crippen LogP contribution in [0, 0.1) is 0 Å². The minimum atomic E-state index is 0. The zero-order valence-electron chi connectivity index (χ0n) is 13.1. The molecule has 0 unspecified atom stereocenters. The second kappa shape index (κ2) is 9.95. The van der Waals surface area contributed by atoms with Crippen LogP contribution < -0.4 is 5.73 Å². The average molecular weight is 629 g/mol. The molecule has 0 radical (unpaired) electrons. The largest absolute Gasteiger partial charge is 0.330 e. The fraction of sp³-hybridized carbons (Fsp3) is 0.111. The van der Waals surface area contributed by atoms with Crippen molar-refractivity contribution in [2.24, 2.45) is 5.73 Å². The van der Waals surface area contributed by atoms with Gasteiger partial charge in [-0.2, -0.15) is 0 Å². The highest BCUT2D eigenvalue weighted by molar-refractivity contribution is 14.0. The normalized spacial score (nSPS) is 10.3. The van der Waals surface area contributed by atoms with E-state index in [1.54, 1.807) is 11.3 Å².